The number of aliphatic hydroxyl groups excluding tert-OH is 1. The van der Waals surface area contributed by atoms with Crippen molar-refractivity contribution in [3.8, 4) is 0 Å². The van der Waals surface area contributed by atoms with Gasteiger partial charge in [0.05, 0.1) is 6.10 Å². The number of nitrogens with one attached hydrogen (secondary N) is 1. The number of carbonyl (C=O) groups is 1. The minimum absolute atomic E-state index is 0.0368. The Bertz CT molecular complexity index is 437. The maximum Gasteiger partial charge on any atom is 0.247 e. The Morgan fingerprint density at radius 1 is 1.47 bits per heavy atom. The zero-order chi connectivity index (χ0) is 14.4. The van der Waals surface area contributed by atoms with Crippen molar-refractivity contribution >= 4 is 17.2 Å². The average Bonchev–Trinajstić information content (AvgIpc) is 2.90. The van der Waals surface area contributed by atoms with Crippen molar-refractivity contribution in [1.29, 1.82) is 0 Å². The van der Waals surface area contributed by atoms with Gasteiger partial charge in [0.25, 0.3) is 0 Å². The van der Waals surface area contributed by atoms with Gasteiger partial charge in [0, 0.05) is 16.5 Å². The molecule has 0 fully saturated rings. The molecule has 0 radical (unpaired) electrons. The van der Waals surface area contributed by atoms with Crippen LogP contribution in [0.15, 0.2) is 28.7 Å². The molecule has 1 aromatic rings. The second-order valence-corrected chi connectivity index (χ2v) is 5.88. The van der Waals surface area contributed by atoms with E-state index in [0.717, 1.165) is 22.4 Å². The minimum Gasteiger partial charge on any atom is -0.387 e. The van der Waals surface area contributed by atoms with Gasteiger partial charge in [0.15, 0.2) is 0 Å². The molecule has 4 heteroatoms. The van der Waals surface area contributed by atoms with Crippen molar-refractivity contribution in [3.63, 3.8) is 0 Å². The molecule has 0 saturated heterocycles. The molecule has 1 amide bonds. The van der Waals surface area contributed by atoms with Crippen molar-refractivity contribution < 1.29 is 9.90 Å². The number of amides is 1. The molecule has 1 rings (SSSR count). The number of allylic oxidation sites excluding steroid dienone is 1. The topological polar surface area (TPSA) is 49.3 Å². The standard InChI is InChI=1S/C15H23NO2S/c1-5-10(2)12(4)15(18)16-11(3)9-13(17)14-7-6-8-19-14/h6-8,11,13,17H,5,9H2,1-4H3,(H,16,18)/b12-10-. The van der Waals surface area contributed by atoms with Crippen LogP contribution < -0.4 is 5.32 Å². The molecule has 0 aliphatic rings. The fourth-order valence-electron chi connectivity index (χ4n) is 1.78. The largest absolute Gasteiger partial charge is 0.387 e. The van der Waals surface area contributed by atoms with Crippen LogP contribution in [0.2, 0.25) is 0 Å². The monoisotopic (exact) mass is 281 g/mol. The molecule has 0 bridgehead atoms. The van der Waals surface area contributed by atoms with E-state index in [1.165, 1.54) is 11.3 Å². The number of thiophene rings is 1. The first-order chi connectivity index (χ1) is 8.95. The van der Waals surface area contributed by atoms with Gasteiger partial charge in [-0.15, -0.1) is 11.3 Å². The Hall–Kier alpha value is -1.13. The number of carbonyl (C=O) groups excluding carboxylic acids is 1. The van der Waals surface area contributed by atoms with Crippen molar-refractivity contribution in [2.24, 2.45) is 0 Å². The second-order valence-electron chi connectivity index (χ2n) is 4.90. The van der Waals surface area contributed by atoms with E-state index in [1.807, 2.05) is 45.2 Å². The summed E-state index contributed by atoms with van der Waals surface area (Å²) in [5.41, 5.74) is 1.88. The first-order valence-electron chi connectivity index (χ1n) is 6.64. The molecule has 0 aliphatic carbocycles. The number of rotatable bonds is 6. The molecule has 0 aromatic carbocycles. The Labute approximate surface area is 119 Å². The summed E-state index contributed by atoms with van der Waals surface area (Å²) in [7, 11) is 0. The van der Waals surface area contributed by atoms with E-state index in [9.17, 15) is 9.90 Å². The molecule has 1 heterocycles. The van der Waals surface area contributed by atoms with Crippen LogP contribution in [0.25, 0.3) is 0 Å². The molecule has 3 nitrogen and oxygen atoms in total. The Morgan fingerprint density at radius 3 is 2.68 bits per heavy atom. The number of aliphatic hydroxyl groups is 1. The zero-order valence-electron chi connectivity index (χ0n) is 12.1. The van der Waals surface area contributed by atoms with E-state index in [-0.39, 0.29) is 11.9 Å². The molecule has 106 valence electrons. The third-order valence-corrected chi connectivity index (χ3v) is 4.31. The van der Waals surface area contributed by atoms with Crippen molar-refractivity contribution in [3.05, 3.63) is 33.5 Å². The zero-order valence-corrected chi connectivity index (χ0v) is 12.9. The highest BCUT2D eigenvalue weighted by Crippen LogP contribution is 2.22. The Morgan fingerprint density at radius 2 is 2.16 bits per heavy atom. The summed E-state index contributed by atoms with van der Waals surface area (Å²) >= 11 is 1.53. The molecular formula is C15H23NO2S. The van der Waals surface area contributed by atoms with Crippen LogP contribution in [0.3, 0.4) is 0 Å². The lowest BCUT2D eigenvalue weighted by Crippen LogP contribution is -2.34. The lowest BCUT2D eigenvalue weighted by atomic mass is 10.1. The van der Waals surface area contributed by atoms with E-state index in [2.05, 4.69) is 5.32 Å². The first kappa shape index (κ1) is 15.9. The Kier molecular flexibility index (Phi) is 6.25. The number of hydrogen-bond donors (Lipinski definition) is 2. The highest BCUT2D eigenvalue weighted by atomic mass is 32.1. The van der Waals surface area contributed by atoms with E-state index >= 15 is 0 Å². The second kappa shape index (κ2) is 7.46. The summed E-state index contributed by atoms with van der Waals surface area (Å²) in [6, 6.07) is 3.78. The number of hydrogen-bond acceptors (Lipinski definition) is 3. The van der Waals surface area contributed by atoms with Crippen LogP contribution in [-0.4, -0.2) is 17.1 Å². The maximum absolute atomic E-state index is 12.0. The van der Waals surface area contributed by atoms with Gasteiger partial charge < -0.3 is 10.4 Å². The van der Waals surface area contributed by atoms with Gasteiger partial charge in [-0.1, -0.05) is 18.6 Å². The van der Waals surface area contributed by atoms with Crippen LogP contribution in [0.4, 0.5) is 0 Å². The summed E-state index contributed by atoms with van der Waals surface area (Å²) in [4.78, 5) is 12.9. The molecule has 2 atom stereocenters. The van der Waals surface area contributed by atoms with Crippen LogP contribution in [-0.2, 0) is 4.79 Å². The smallest absolute Gasteiger partial charge is 0.247 e. The van der Waals surface area contributed by atoms with Crippen molar-refractivity contribution in [1.82, 2.24) is 5.32 Å². The molecule has 1 aromatic heterocycles. The van der Waals surface area contributed by atoms with Crippen LogP contribution in [0, 0.1) is 0 Å². The predicted octanol–water partition coefficient (Wildman–Crippen LogP) is 3.42. The van der Waals surface area contributed by atoms with Gasteiger partial charge in [-0.3, -0.25) is 4.79 Å². The van der Waals surface area contributed by atoms with Gasteiger partial charge in [-0.05, 0) is 45.1 Å². The molecule has 2 N–H and O–H groups in total. The molecule has 19 heavy (non-hydrogen) atoms. The lowest BCUT2D eigenvalue weighted by Gasteiger charge is -2.18. The van der Waals surface area contributed by atoms with Crippen LogP contribution in [0.1, 0.15) is 51.5 Å². The van der Waals surface area contributed by atoms with Crippen LogP contribution >= 0.6 is 11.3 Å². The third-order valence-electron chi connectivity index (χ3n) is 3.34. The first-order valence-corrected chi connectivity index (χ1v) is 7.52. The van der Waals surface area contributed by atoms with Crippen LogP contribution in [0.5, 0.6) is 0 Å². The highest BCUT2D eigenvalue weighted by Gasteiger charge is 2.16. The van der Waals surface area contributed by atoms with E-state index in [4.69, 9.17) is 0 Å². The molecular weight excluding hydrogens is 258 g/mol. The summed E-state index contributed by atoms with van der Waals surface area (Å²) in [6.07, 6.45) is 0.905. The predicted molar refractivity (Wildman–Crippen MR) is 80.2 cm³/mol. The molecule has 0 saturated carbocycles. The summed E-state index contributed by atoms with van der Waals surface area (Å²) in [5, 5.41) is 14.9. The van der Waals surface area contributed by atoms with Gasteiger partial charge in [-0.2, -0.15) is 0 Å². The van der Waals surface area contributed by atoms with Gasteiger partial charge in [-0.25, -0.2) is 0 Å². The van der Waals surface area contributed by atoms with E-state index in [1.54, 1.807) is 0 Å². The Balaban J connectivity index is 2.52. The van der Waals surface area contributed by atoms with Gasteiger partial charge >= 0.3 is 0 Å². The maximum atomic E-state index is 12.0. The fourth-order valence-corrected chi connectivity index (χ4v) is 2.51. The van der Waals surface area contributed by atoms with E-state index < -0.39 is 6.10 Å². The summed E-state index contributed by atoms with van der Waals surface area (Å²) in [6.45, 7) is 7.77. The molecule has 0 spiro atoms. The van der Waals surface area contributed by atoms with E-state index in [0.29, 0.717) is 6.42 Å². The van der Waals surface area contributed by atoms with Gasteiger partial charge in [0.1, 0.15) is 0 Å². The summed E-state index contributed by atoms with van der Waals surface area (Å²) in [5.74, 6) is -0.0368. The fraction of sp³-hybridized carbons (Fsp3) is 0.533. The minimum atomic E-state index is -0.508. The third kappa shape index (κ3) is 4.80. The quantitative estimate of drug-likeness (QED) is 0.785. The molecule has 2 unspecified atom stereocenters. The molecule has 0 aliphatic heterocycles. The van der Waals surface area contributed by atoms with Crippen molar-refractivity contribution in [2.45, 2.75) is 52.7 Å². The highest BCUT2D eigenvalue weighted by molar-refractivity contribution is 7.10. The SMILES string of the molecule is CC/C(C)=C(/C)C(=O)NC(C)CC(O)c1cccs1. The normalized spacial score (nSPS) is 15.6. The van der Waals surface area contributed by atoms with Crippen molar-refractivity contribution in [2.75, 3.05) is 0 Å². The lowest BCUT2D eigenvalue weighted by molar-refractivity contribution is -0.118. The van der Waals surface area contributed by atoms with Gasteiger partial charge in [0.2, 0.25) is 5.91 Å². The summed E-state index contributed by atoms with van der Waals surface area (Å²) < 4.78 is 0. The average molecular weight is 281 g/mol.